The number of aromatic amines is 1. The Morgan fingerprint density at radius 1 is 1.28 bits per heavy atom. The van der Waals surface area contributed by atoms with Crippen molar-refractivity contribution in [1.29, 1.82) is 5.41 Å². The van der Waals surface area contributed by atoms with E-state index in [2.05, 4.69) is 38.2 Å². The molecule has 6 N–H and O–H groups in total. The Morgan fingerprint density at radius 2 is 2.04 bits per heavy atom. The fraction of sp³-hybridized carbons (Fsp3) is 0.733. The summed E-state index contributed by atoms with van der Waals surface area (Å²) in [6, 6.07) is -0.842. The van der Waals surface area contributed by atoms with Gasteiger partial charge in [0.25, 0.3) is 0 Å². The van der Waals surface area contributed by atoms with Crippen LogP contribution in [0.25, 0.3) is 0 Å². The average Bonchev–Trinajstić information content (AvgIpc) is 3.07. The molecule has 0 bridgehead atoms. The smallest absolute Gasteiger partial charge is 0.243 e. The number of unbranched alkanes of at least 4 members (excludes halogenated alkanes) is 4. The maximum atomic E-state index is 12.2. The molecule has 0 spiro atoms. The highest BCUT2D eigenvalue weighted by Crippen LogP contribution is 2.05. The van der Waals surface area contributed by atoms with Crippen LogP contribution in [0.3, 0.4) is 0 Å². The number of rotatable bonds is 13. The second-order valence-electron chi connectivity index (χ2n) is 5.88. The van der Waals surface area contributed by atoms with Crippen LogP contribution < -0.4 is 16.4 Å². The van der Waals surface area contributed by atoms with Gasteiger partial charge in [-0.1, -0.05) is 37.8 Å². The maximum absolute atomic E-state index is 12.2. The molecule has 0 radical (unpaired) electrons. The number of carbonyl (C=O) groups excluding carboxylic acids is 2. The largest absolute Gasteiger partial charge is 0.388 e. The first-order chi connectivity index (χ1) is 12.0. The topological polar surface area (TPSA) is 163 Å². The number of amides is 2. The summed E-state index contributed by atoms with van der Waals surface area (Å²) in [5.41, 5.74) is 5.39. The van der Waals surface area contributed by atoms with Gasteiger partial charge in [-0.2, -0.15) is 5.21 Å². The number of carbonyl (C=O) groups is 2. The lowest BCUT2D eigenvalue weighted by Crippen LogP contribution is -2.48. The molecule has 0 saturated heterocycles. The van der Waals surface area contributed by atoms with E-state index in [4.69, 9.17) is 11.1 Å². The van der Waals surface area contributed by atoms with Crippen molar-refractivity contribution in [2.75, 3.05) is 6.54 Å². The molecule has 1 atom stereocenters. The summed E-state index contributed by atoms with van der Waals surface area (Å²) >= 11 is 0. The fourth-order valence-electron chi connectivity index (χ4n) is 2.29. The number of nitrogens with two attached hydrogens (primary N) is 1. The molecule has 1 aromatic heterocycles. The Labute approximate surface area is 147 Å². The molecule has 0 aliphatic heterocycles. The molecular weight excluding hydrogens is 324 g/mol. The molecule has 10 nitrogen and oxygen atoms in total. The van der Waals surface area contributed by atoms with Gasteiger partial charge in [-0.3, -0.25) is 15.0 Å². The van der Waals surface area contributed by atoms with Crippen molar-refractivity contribution in [3.05, 3.63) is 5.82 Å². The van der Waals surface area contributed by atoms with Crippen LogP contribution in [0, 0.1) is 5.41 Å². The van der Waals surface area contributed by atoms with Gasteiger partial charge in [0.1, 0.15) is 6.04 Å². The van der Waals surface area contributed by atoms with E-state index in [9.17, 15) is 9.59 Å². The summed E-state index contributed by atoms with van der Waals surface area (Å²) in [4.78, 5) is 24.2. The number of hydrogen-bond donors (Lipinski definition) is 5. The molecule has 0 aliphatic rings. The van der Waals surface area contributed by atoms with Crippen molar-refractivity contribution in [3.63, 3.8) is 0 Å². The van der Waals surface area contributed by atoms with Crippen molar-refractivity contribution >= 4 is 17.6 Å². The average molecular weight is 352 g/mol. The van der Waals surface area contributed by atoms with Crippen molar-refractivity contribution in [2.24, 2.45) is 5.73 Å². The van der Waals surface area contributed by atoms with Gasteiger partial charge in [0.05, 0.1) is 5.84 Å². The normalized spacial score (nSPS) is 11.7. The second kappa shape index (κ2) is 11.9. The van der Waals surface area contributed by atoms with Crippen LogP contribution in [0.5, 0.6) is 0 Å². The van der Waals surface area contributed by atoms with Crippen LogP contribution in [0.15, 0.2) is 0 Å². The lowest BCUT2D eigenvalue weighted by Gasteiger charge is -2.17. The zero-order valence-corrected chi connectivity index (χ0v) is 14.7. The maximum Gasteiger partial charge on any atom is 0.243 e. The number of nitrogens with one attached hydrogen (secondary N) is 4. The minimum Gasteiger partial charge on any atom is -0.388 e. The van der Waals surface area contributed by atoms with Gasteiger partial charge < -0.3 is 16.4 Å². The van der Waals surface area contributed by atoms with Gasteiger partial charge in [-0.05, 0) is 6.42 Å². The van der Waals surface area contributed by atoms with Crippen molar-refractivity contribution in [2.45, 2.75) is 64.3 Å². The summed E-state index contributed by atoms with van der Waals surface area (Å²) in [6.45, 7) is 2.44. The quantitative estimate of drug-likeness (QED) is 0.191. The van der Waals surface area contributed by atoms with Crippen LogP contribution in [0.4, 0.5) is 0 Å². The molecule has 10 heteroatoms. The van der Waals surface area contributed by atoms with Crippen LogP contribution in [0.1, 0.15) is 57.7 Å². The van der Waals surface area contributed by atoms with Crippen molar-refractivity contribution in [3.8, 4) is 0 Å². The summed E-state index contributed by atoms with van der Waals surface area (Å²) in [7, 11) is 0. The van der Waals surface area contributed by atoms with E-state index in [1.807, 2.05) is 0 Å². The number of hydrogen-bond acceptors (Lipinski definition) is 6. The first-order valence-electron chi connectivity index (χ1n) is 8.65. The van der Waals surface area contributed by atoms with Crippen molar-refractivity contribution in [1.82, 2.24) is 31.3 Å². The highest BCUT2D eigenvalue weighted by Gasteiger charge is 2.21. The molecule has 1 rings (SSSR count). The van der Waals surface area contributed by atoms with E-state index in [0.717, 1.165) is 32.1 Å². The van der Waals surface area contributed by atoms with E-state index in [0.29, 0.717) is 25.2 Å². The number of aromatic nitrogens is 4. The van der Waals surface area contributed by atoms with E-state index in [1.54, 1.807) is 0 Å². The molecule has 1 heterocycles. The third-order valence-corrected chi connectivity index (χ3v) is 3.62. The summed E-state index contributed by atoms with van der Waals surface area (Å²) in [5, 5.41) is 26.1. The zero-order chi connectivity index (χ0) is 18.5. The third-order valence-electron chi connectivity index (χ3n) is 3.62. The Hall–Kier alpha value is -2.52. The predicted octanol–water partition coefficient (Wildman–Crippen LogP) is 0.0298. The monoisotopic (exact) mass is 352 g/mol. The number of amidine groups is 1. The van der Waals surface area contributed by atoms with E-state index >= 15 is 0 Å². The Morgan fingerprint density at radius 3 is 2.68 bits per heavy atom. The molecule has 0 aromatic carbocycles. The van der Waals surface area contributed by atoms with E-state index in [1.165, 1.54) is 0 Å². The zero-order valence-electron chi connectivity index (χ0n) is 14.7. The minimum absolute atomic E-state index is 0.0182. The van der Waals surface area contributed by atoms with Crippen LogP contribution in [-0.4, -0.2) is 50.9 Å². The third kappa shape index (κ3) is 9.38. The predicted molar refractivity (Wildman–Crippen MR) is 92.7 cm³/mol. The van der Waals surface area contributed by atoms with Gasteiger partial charge in [-0.15, -0.1) is 10.2 Å². The fourth-order valence-corrected chi connectivity index (χ4v) is 2.29. The molecule has 0 fully saturated rings. The number of nitrogens with zero attached hydrogens (tertiary/aromatic N) is 3. The number of tetrazole rings is 1. The molecule has 0 unspecified atom stereocenters. The minimum atomic E-state index is -0.842. The van der Waals surface area contributed by atoms with Gasteiger partial charge in [-0.25, -0.2) is 0 Å². The van der Waals surface area contributed by atoms with E-state index in [-0.39, 0.29) is 24.1 Å². The number of H-pyrrole nitrogens is 1. The molecule has 0 aliphatic carbocycles. The molecular formula is C15H28N8O2. The van der Waals surface area contributed by atoms with Gasteiger partial charge in [0, 0.05) is 25.8 Å². The van der Waals surface area contributed by atoms with Gasteiger partial charge >= 0.3 is 0 Å². The van der Waals surface area contributed by atoms with Crippen LogP contribution >= 0.6 is 0 Å². The first kappa shape index (κ1) is 20.5. The summed E-state index contributed by atoms with van der Waals surface area (Å²) in [6.07, 6.45) is 5.98. The Balaban J connectivity index is 2.36. The van der Waals surface area contributed by atoms with E-state index < -0.39 is 6.04 Å². The van der Waals surface area contributed by atoms with Crippen molar-refractivity contribution < 1.29 is 9.59 Å². The molecule has 0 saturated carbocycles. The Bertz CT molecular complexity index is 532. The van der Waals surface area contributed by atoms with Gasteiger partial charge in [0.2, 0.25) is 11.8 Å². The van der Waals surface area contributed by atoms with Gasteiger partial charge in [0.15, 0.2) is 5.82 Å². The highest BCUT2D eigenvalue weighted by atomic mass is 16.2. The standard InChI is InChI=1S/C15H28N8O2/c1-2-3-4-5-6-7-14(24)19-11(10-12(16)17)15(25)18-9-8-13-20-22-23-21-13/h11H,2-10H2,1H3,(H3,16,17)(H,18,25)(H,19,24)(H,20,21,22,23)/t11-/m1/s1. The molecule has 1 aromatic rings. The van der Waals surface area contributed by atoms with Crippen LogP contribution in [0.2, 0.25) is 0 Å². The highest BCUT2D eigenvalue weighted by molar-refractivity contribution is 5.92. The summed E-state index contributed by atoms with van der Waals surface area (Å²) < 4.78 is 0. The second-order valence-corrected chi connectivity index (χ2v) is 5.88. The van der Waals surface area contributed by atoms with Crippen LogP contribution in [-0.2, 0) is 16.0 Å². The molecule has 2 amide bonds. The molecule has 25 heavy (non-hydrogen) atoms. The SMILES string of the molecule is CCCCCCCC(=O)N[C@H](CC(=N)N)C(=O)NCCc1nn[nH]n1. The lowest BCUT2D eigenvalue weighted by atomic mass is 10.1. The first-order valence-corrected chi connectivity index (χ1v) is 8.65. The summed E-state index contributed by atoms with van der Waals surface area (Å²) in [5.74, 6) is -0.241. The Kier molecular flexibility index (Phi) is 9.79. The molecule has 140 valence electrons. The lowest BCUT2D eigenvalue weighted by molar-refractivity contribution is -0.128.